The number of hydrogen-bond donors (Lipinski definition) is 3. The smallest absolute Gasteiger partial charge is 0.343 e. The number of urea groups is 1. The maximum atomic E-state index is 12.6. The van der Waals surface area contributed by atoms with Crippen molar-refractivity contribution in [3.8, 4) is 0 Å². The Morgan fingerprint density at radius 3 is 2.10 bits per heavy atom. The standard InChI is InChI=1S/C19H32N3O7PS.3H2/c1-6-28-30(25,29-7-2)13-20-18(23)17(12-14(3)4)22-19(24)21-15-8-10-16(11-9-15)31(5,26)27;;;/h8-11,14,17H,6-7,12-13H2,1-5H3,(H,20,23)(H2,21,22,24);3*1H/t17-;;;/m0.../s1. The molecule has 1 atom stereocenters. The first-order valence-electron chi connectivity index (χ1n) is 9.93. The normalized spacial score (nSPS) is 13.0. The molecule has 31 heavy (non-hydrogen) atoms. The quantitative estimate of drug-likeness (QED) is 0.385. The van der Waals surface area contributed by atoms with Crippen LogP contribution in [0.1, 0.15) is 38.4 Å². The number of amides is 3. The van der Waals surface area contributed by atoms with Crippen molar-refractivity contribution in [1.82, 2.24) is 10.6 Å². The lowest BCUT2D eigenvalue weighted by Gasteiger charge is -2.22. The van der Waals surface area contributed by atoms with Gasteiger partial charge < -0.3 is 25.0 Å². The molecule has 0 aromatic heterocycles. The van der Waals surface area contributed by atoms with E-state index in [9.17, 15) is 22.6 Å². The van der Waals surface area contributed by atoms with Gasteiger partial charge in [-0.15, -0.1) is 0 Å². The fraction of sp³-hybridized carbons (Fsp3) is 0.579. The van der Waals surface area contributed by atoms with Crippen molar-refractivity contribution in [2.75, 3.05) is 31.1 Å². The minimum atomic E-state index is -3.46. The van der Waals surface area contributed by atoms with Crippen LogP contribution in [-0.2, 0) is 28.2 Å². The first-order valence-corrected chi connectivity index (χ1v) is 13.6. The van der Waals surface area contributed by atoms with Crippen molar-refractivity contribution in [2.24, 2.45) is 5.92 Å². The number of carbonyl (C=O) groups excluding carboxylic acids is 2. The first-order chi connectivity index (χ1) is 14.4. The average Bonchev–Trinajstić information content (AvgIpc) is 2.65. The molecule has 0 fully saturated rings. The highest BCUT2D eigenvalue weighted by atomic mass is 32.2. The van der Waals surface area contributed by atoms with Gasteiger partial charge in [0.25, 0.3) is 0 Å². The van der Waals surface area contributed by atoms with Crippen LogP contribution in [0.5, 0.6) is 0 Å². The molecule has 1 aromatic rings. The summed E-state index contributed by atoms with van der Waals surface area (Å²) >= 11 is 0. The molecule has 0 radical (unpaired) electrons. The molecule has 1 rings (SSSR count). The molecular weight excluding hydrogens is 445 g/mol. The lowest BCUT2D eigenvalue weighted by Crippen LogP contribution is -2.49. The van der Waals surface area contributed by atoms with Crippen molar-refractivity contribution in [3.05, 3.63) is 24.3 Å². The minimum Gasteiger partial charge on any atom is -0.343 e. The first kappa shape index (κ1) is 27.1. The SMILES string of the molecule is CCOP(=O)(CNC(=O)[C@H](CC(C)C)NC(=O)Nc1ccc(S(C)(=O)=O)cc1)OCC.[HH].[HH].[HH]. The van der Waals surface area contributed by atoms with E-state index in [1.807, 2.05) is 13.8 Å². The van der Waals surface area contributed by atoms with Gasteiger partial charge in [-0.1, -0.05) is 13.8 Å². The summed E-state index contributed by atoms with van der Waals surface area (Å²) in [4.78, 5) is 25.1. The third-order valence-electron chi connectivity index (χ3n) is 3.97. The van der Waals surface area contributed by atoms with Crippen LogP contribution in [0.25, 0.3) is 0 Å². The number of nitrogens with one attached hydrogen (secondary N) is 3. The Bertz CT molecular complexity index is 893. The van der Waals surface area contributed by atoms with Gasteiger partial charge in [0.1, 0.15) is 12.3 Å². The number of hydrogen-bond acceptors (Lipinski definition) is 7. The van der Waals surface area contributed by atoms with Gasteiger partial charge in [-0.2, -0.15) is 0 Å². The van der Waals surface area contributed by atoms with Crippen LogP contribution in [0.2, 0.25) is 0 Å². The van der Waals surface area contributed by atoms with Gasteiger partial charge in [-0.25, -0.2) is 13.2 Å². The van der Waals surface area contributed by atoms with Crippen molar-refractivity contribution in [3.63, 3.8) is 0 Å². The summed E-state index contributed by atoms with van der Waals surface area (Å²) in [6.07, 6.45) is 1.13. The van der Waals surface area contributed by atoms with Crippen molar-refractivity contribution in [2.45, 2.75) is 45.1 Å². The third kappa shape index (κ3) is 9.82. The number of benzene rings is 1. The van der Waals surface area contributed by atoms with E-state index in [2.05, 4.69) is 16.0 Å². The third-order valence-corrected chi connectivity index (χ3v) is 6.94. The topological polar surface area (TPSA) is 140 Å². The minimum absolute atomic E-state index is 0. The second kappa shape index (κ2) is 12.2. The molecule has 10 nitrogen and oxygen atoms in total. The van der Waals surface area contributed by atoms with Gasteiger partial charge in [0.05, 0.1) is 18.1 Å². The van der Waals surface area contributed by atoms with E-state index in [0.717, 1.165) is 6.26 Å². The highest BCUT2D eigenvalue weighted by Crippen LogP contribution is 2.46. The van der Waals surface area contributed by atoms with Gasteiger partial charge in [-0.05, 0) is 50.5 Å². The zero-order valence-corrected chi connectivity index (χ0v) is 20.2. The summed E-state index contributed by atoms with van der Waals surface area (Å²) in [7, 11) is -6.81. The molecule has 0 saturated heterocycles. The molecular formula is C19H38N3O7PS. The van der Waals surface area contributed by atoms with E-state index in [-0.39, 0.29) is 34.6 Å². The molecule has 182 valence electrons. The number of rotatable bonds is 12. The largest absolute Gasteiger partial charge is 0.349 e. The summed E-state index contributed by atoms with van der Waals surface area (Å²) in [6.45, 7) is 7.47. The maximum Gasteiger partial charge on any atom is 0.349 e. The molecule has 1 aromatic carbocycles. The van der Waals surface area contributed by atoms with E-state index in [0.29, 0.717) is 12.1 Å². The Morgan fingerprint density at radius 1 is 1.10 bits per heavy atom. The van der Waals surface area contributed by atoms with Gasteiger partial charge in [-0.3, -0.25) is 9.36 Å². The molecule has 0 unspecified atom stereocenters. The number of sulfone groups is 1. The second-order valence-corrected chi connectivity index (χ2v) is 11.3. The predicted molar refractivity (Wildman–Crippen MR) is 125 cm³/mol. The van der Waals surface area contributed by atoms with Crippen molar-refractivity contribution < 1.29 is 35.9 Å². The van der Waals surface area contributed by atoms with Crippen LogP contribution in [-0.4, -0.2) is 52.2 Å². The fourth-order valence-corrected chi connectivity index (χ4v) is 4.66. The molecule has 0 saturated carbocycles. The average molecular weight is 484 g/mol. The van der Waals surface area contributed by atoms with E-state index in [1.54, 1.807) is 13.8 Å². The molecule has 0 heterocycles. The summed E-state index contributed by atoms with van der Waals surface area (Å²) < 4.78 is 45.9. The van der Waals surface area contributed by atoms with Crippen LogP contribution in [0.4, 0.5) is 10.5 Å². The number of anilines is 1. The molecule has 0 bridgehead atoms. The molecule has 0 aliphatic carbocycles. The number of carbonyl (C=O) groups is 2. The van der Waals surface area contributed by atoms with E-state index in [4.69, 9.17) is 9.05 Å². The maximum absolute atomic E-state index is 12.6. The van der Waals surface area contributed by atoms with Crippen molar-refractivity contribution in [1.29, 1.82) is 0 Å². The van der Waals surface area contributed by atoms with Crippen LogP contribution in [0, 0.1) is 5.92 Å². The zero-order chi connectivity index (χ0) is 23.7. The predicted octanol–water partition coefficient (Wildman–Crippen LogP) is 3.70. The molecule has 0 aliphatic heterocycles. The highest BCUT2D eigenvalue weighted by molar-refractivity contribution is 7.90. The molecule has 0 spiro atoms. The van der Waals surface area contributed by atoms with Crippen LogP contribution in [0.3, 0.4) is 0 Å². The lowest BCUT2D eigenvalue weighted by molar-refractivity contribution is -0.123. The Kier molecular flexibility index (Phi) is 10.7. The Hall–Kier alpha value is -1.94. The molecule has 3 amide bonds. The molecule has 12 heteroatoms. The van der Waals surface area contributed by atoms with E-state index in [1.165, 1.54) is 24.3 Å². The summed E-state index contributed by atoms with van der Waals surface area (Å²) in [5, 5.41) is 7.68. The Balaban J connectivity index is -0.00000320. The zero-order valence-electron chi connectivity index (χ0n) is 18.5. The van der Waals surface area contributed by atoms with Crippen LogP contribution >= 0.6 is 7.60 Å². The van der Waals surface area contributed by atoms with Crippen LogP contribution in [0.15, 0.2) is 29.2 Å². The second-order valence-electron chi connectivity index (χ2n) is 7.22. The summed E-state index contributed by atoms with van der Waals surface area (Å²) in [5.74, 6) is -0.424. The molecule has 3 N–H and O–H groups in total. The van der Waals surface area contributed by atoms with Gasteiger partial charge >= 0.3 is 13.6 Å². The Labute approximate surface area is 188 Å². The monoisotopic (exact) mass is 483 g/mol. The Morgan fingerprint density at radius 2 is 1.65 bits per heavy atom. The molecule has 0 aliphatic rings. The summed E-state index contributed by atoms with van der Waals surface area (Å²) in [6, 6.07) is 4.14. The van der Waals surface area contributed by atoms with Gasteiger partial charge in [0, 0.05) is 16.2 Å². The fourth-order valence-electron chi connectivity index (χ4n) is 2.63. The van der Waals surface area contributed by atoms with E-state index >= 15 is 0 Å². The van der Waals surface area contributed by atoms with Crippen molar-refractivity contribution >= 4 is 35.1 Å². The van der Waals surface area contributed by atoms with E-state index < -0.39 is 35.4 Å². The lowest BCUT2D eigenvalue weighted by atomic mass is 10.0. The summed E-state index contributed by atoms with van der Waals surface area (Å²) in [5.41, 5.74) is 0.366. The van der Waals surface area contributed by atoms with Crippen LogP contribution < -0.4 is 16.0 Å². The van der Waals surface area contributed by atoms with Gasteiger partial charge in [0.2, 0.25) is 5.91 Å². The van der Waals surface area contributed by atoms with Gasteiger partial charge in [0.15, 0.2) is 9.84 Å². The highest BCUT2D eigenvalue weighted by Gasteiger charge is 2.28.